The predicted molar refractivity (Wildman–Crippen MR) is 65.7 cm³/mol. The highest BCUT2D eigenvalue weighted by atomic mass is 16.5. The lowest BCUT2D eigenvalue weighted by molar-refractivity contribution is -0.0703. The maximum atomic E-state index is 10.6. The minimum Gasteiger partial charge on any atom is -0.383 e. The fourth-order valence-electron chi connectivity index (χ4n) is 2.29. The van der Waals surface area contributed by atoms with Crippen LogP contribution in [0.1, 0.15) is 18.5 Å². The third-order valence-electron chi connectivity index (χ3n) is 3.40. The van der Waals surface area contributed by atoms with Crippen molar-refractivity contribution < 1.29 is 9.84 Å². The smallest absolute Gasteiger partial charge is 0.111 e. The fraction of sp³-hybridized carbons (Fsp3) is 0.357. The molecule has 1 fully saturated rings. The lowest BCUT2D eigenvalue weighted by Crippen LogP contribution is -2.34. The van der Waals surface area contributed by atoms with Crippen molar-refractivity contribution in [3.05, 3.63) is 42.1 Å². The first kappa shape index (κ1) is 10.7. The third kappa shape index (κ3) is 1.92. The minimum atomic E-state index is -0.817. The number of hydrogen-bond donors (Lipinski definition) is 1. The number of benzene rings is 1. The maximum absolute atomic E-state index is 10.6. The maximum Gasteiger partial charge on any atom is 0.111 e. The van der Waals surface area contributed by atoms with Crippen LogP contribution in [0.5, 0.6) is 0 Å². The molecule has 1 aromatic carbocycles. The van der Waals surface area contributed by atoms with Gasteiger partial charge in [-0.15, -0.1) is 0 Å². The molecule has 0 spiro atoms. The van der Waals surface area contributed by atoms with Gasteiger partial charge in [-0.3, -0.25) is 0 Å². The van der Waals surface area contributed by atoms with Crippen molar-refractivity contribution in [3.8, 4) is 0 Å². The van der Waals surface area contributed by atoms with Crippen LogP contribution in [0.25, 0.3) is 10.9 Å². The summed E-state index contributed by atoms with van der Waals surface area (Å²) < 4.78 is 5.29. The Balaban J connectivity index is 2.05. The van der Waals surface area contributed by atoms with E-state index in [0.29, 0.717) is 26.1 Å². The van der Waals surface area contributed by atoms with Gasteiger partial charge in [0.25, 0.3) is 0 Å². The summed E-state index contributed by atoms with van der Waals surface area (Å²) >= 11 is 0. The van der Waals surface area contributed by atoms with E-state index in [2.05, 4.69) is 4.98 Å². The fourth-order valence-corrected chi connectivity index (χ4v) is 2.29. The minimum absolute atomic E-state index is 0.602. The summed E-state index contributed by atoms with van der Waals surface area (Å²) in [5, 5.41) is 11.7. The van der Waals surface area contributed by atoms with E-state index in [-0.39, 0.29) is 0 Å². The summed E-state index contributed by atoms with van der Waals surface area (Å²) in [4.78, 5) is 4.57. The van der Waals surface area contributed by atoms with Crippen molar-refractivity contribution in [3.63, 3.8) is 0 Å². The number of pyridine rings is 1. The van der Waals surface area contributed by atoms with E-state index < -0.39 is 5.60 Å². The first-order valence-corrected chi connectivity index (χ1v) is 5.94. The summed E-state index contributed by atoms with van der Waals surface area (Å²) in [6.45, 7) is 1.20. The Morgan fingerprint density at radius 2 is 1.82 bits per heavy atom. The van der Waals surface area contributed by atoms with E-state index in [9.17, 15) is 5.11 Å². The van der Waals surface area contributed by atoms with E-state index in [1.165, 1.54) is 0 Å². The molecule has 0 aliphatic carbocycles. The number of aromatic nitrogens is 1. The summed E-state index contributed by atoms with van der Waals surface area (Å²) in [6.07, 6.45) is 1.25. The molecule has 2 aromatic rings. The molecule has 1 aliphatic rings. The number of hydrogen-bond acceptors (Lipinski definition) is 3. The van der Waals surface area contributed by atoms with Gasteiger partial charge in [0, 0.05) is 31.4 Å². The van der Waals surface area contributed by atoms with Crippen LogP contribution < -0.4 is 0 Å². The van der Waals surface area contributed by atoms with Gasteiger partial charge in [0.2, 0.25) is 0 Å². The van der Waals surface area contributed by atoms with Crippen molar-refractivity contribution in [2.24, 2.45) is 0 Å². The first-order chi connectivity index (χ1) is 8.28. The molecule has 1 saturated heterocycles. The largest absolute Gasteiger partial charge is 0.383 e. The number of rotatable bonds is 1. The zero-order valence-corrected chi connectivity index (χ0v) is 9.60. The Hall–Kier alpha value is -1.45. The van der Waals surface area contributed by atoms with Crippen molar-refractivity contribution in [2.45, 2.75) is 18.4 Å². The third-order valence-corrected chi connectivity index (χ3v) is 3.40. The van der Waals surface area contributed by atoms with E-state index in [0.717, 1.165) is 16.6 Å². The quantitative estimate of drug-likeness (QED) is 0.815. The molecule has 0 amide bonds. The summed E-state index contributed by atoms with van der Waals surface area (Å²) in [5.74, 6) is 0. The van der Waals surface area contributed by atoms with Gasteiger partial charge in [0.15, 0.2) is 0 Å². The second-order valence-corrected chi connectivity index (χ2v) is 4.53. The molecule has 0 bridgehead atoms. The highest BCUT2D eigenvalue weighted by molar-refractivity contribution is 5.78. The van der Waals surface area contributed by atoms with Gasteiger partial charge in [0.1, 0.15) is 5.60 Å². The monoisotopic (exact) mass is 229 g/mol. The van der Waals surface area contributed by atoms with Crippen molar-refractivity contribution in [2.75, 3.05) is 13.2 Å². The average molecular weight is 229 g/mol. The molecule has 1 N–H and O–H groups in total. The molecule has 1 aromatic heterocycles. The van der Waals surface area contributed by atoms with E-state index in [1.54, 1.807) is 0 Å². The molecule has 17 heavy (non-hydrogen) atoms. The molecule has 0 atom stereocenters. The van der Waals surface area contributed by atoms with Gasteiger partial charge in [-0.1, -0.05) is 24.3 Å². The van der Waals surface area contributed by atoms with Crippen LogP contribution in [0.4, 0.5) is 0 Å². The molecule has 88 valence electrons. The Morgan fingerprint density at radius 1 is 1.06 bits per heavy atom. The van der Waals surface area contributed by atoms with Gasteiger partial charge < -0.3 is 9.84 Å². The molecule has 0 radical (unpaired) electrons. The van der Waals surface area contributed by atoms with Crippen molar-refractivity contribution in [1.29, 1.82) is 0 Å². The highest BCUT2D eigenvalue weighted by Crippen LogP contribution is 2.31. The van der Waals surface area contributed by atoms with Crippen molar-refractivity contribution >= 4 is 10.9 Å². The summed E-state index contributed by atoms with van der Waals surface area (Å²) in [5.41, 5.74) is 0.881. The Kier molecular flexibility index (Phi) is 2.57. The number of fused-ring (bicyclic) bond motifs is 1. The second-order valence-electron chi connectivity index (χ2n) is 4.53. The first-order valence-electron chi connectivity index (χ1n) is 5.94. The van der Waals surface area contributed by atoms with Gasteiger partial charge in [0.05, 0.1) is 11.2 Å². The highest BCUT2D eigenvalue weighted by Gasteiger charge is 2.33. The number of para-hydroxylation sites is 1. The zero-order valence-electron chi connectivity index (χ0n) is 9.60. The lowest BCUT2D eigenvalue weighted by atomic mass is 9.90. The topological polar surface area (TPSA) is 42.4 Å². The summed E-state index contributed by atoms with van der Waals surface area (Å²) in [6, 6.07) is 11.9. The zero-order chi connectivity index (χ0) is 11.7. The molecular formula is C14H15NO2. The molecule has 0 saturated carbocycles. The molecule has 2 heterocycles. The van der Waals surface area contributed by atoms with E-state index >= 15 is 0 Å². The second kappa shape index (κ2) is 4.09. The SMILES string of the molecule is OC1(c2ccc3ccccc3n2)CCOCC1. The predicted octanol–water partition coefficient (Wildman–Crippen LogP) is 2.23. The lowest BCUT2D eigenvalue weighted by Gasteiger charge is -2.31. The van der Waals surface area contributed by atoms with Gasteiger partial charge >= 0.3 is 0 Å². The average Bonchev–Trinajstić information content (AvgIpc) is 2.39. The molecule has 3 heteroatoms. The van der Waals surface area contributed by atoms with Crippen molar-refractivity contribution in [1.82, 2.24) is 4.98 Å². The van der Waals surface area contributed by atoms with E-state index in [1.807, 2.05) is 36.4 Å². The van der Waals surface area contributed by atoms with Crippen LogP contribution in [0, 0.1) is 0 Å². The van der Waals surface area contributed by atoms with E-state index in [4.69, 9.17) is 4.74 Å². The Bertz CT molecular complexity index is 532. The van der Waals surface area contributed by atoms with Crippen LogP contribution in [0.3, 0.4) is 0 Å². The van der Waals surface area contributed by atoms with Crippen LogP contribution in [0.15, 0.2) is 36.4 Å². The van der Waals surface area contributed by atoms with Gasteiger partial charge in [-0.05, 0) is 12.1 Å². The van der Waals surface area contributed by atoms with Crippen LogP contribution in [-0.4, -0.2) is 23.3 Å². The van der Waals surface area contributed by atoms with Crippen LogP contribution in [-0.2, 0) is 10.3 Å². The molecule has 0 unspecified atom stereocenters. The molecule has 3 rings (SSSR count). The Labute approximate surface area is 100 Å². The molecule has 1 aliphatic heterocycles. The van der Waals surface area contributed by atoms with Crippen LogP contribution in [0.2, 0.25) is 0 Å². The van der Waals surface area contributed by atoms with Crippen LogP contribution >= 0.6 is 0 Å². The normalized spacial score (nSPS) is 19.4. The number of nitrogens with zero attached hydrogens (tertiary/aromatic N) is 1. The Morgan fingerprint density at radius 3 is 2.65 bits per heavy atom. The number of aliphatic hydroxyl groups is 1. The van der Waals surface area contributed by atoms with Gasteiger partial charge in [-0.2, -0.15) is 0 Å². The standard InChI is InChI=1S/C14H15NO2/c16-14(7-9-17-10-8-14)13-6-5-11-3-1-2-4-12(11)15-13/h1-6,16H,7-10H2. The summed E-state index contributed by atoms with van der Waals surface area (Å²) in [7, 11) is 0. The van der Waals surface area contributed by atoms with Gasteiger partial charge in [-0.25, -0.2) is 4.98 Å². The molecule has 3 nitrogen and oxygen atoms in total. The number of ether oxygens (including phenoxy) is 1. The molecular weight excluding hydrogens is 214 g/mol.